The van der Waals surface area contributed by atoms with Crippen LogP contribution in [0.3, 0.4) is 0 Å². The Morgan fingerprint density at radius 1 is 1.23 bits per heavy atom. The maximum Gasteiger partial charge on any atom is 0.252 e. The minimum Gasteiger partial charge on any atom is -0.341 e. The Morgan fingerprint density at radius 3 is 2.77 bits per heavy atom. The van der Waals surface area contributed by atoms with E-state index in [2.05, 4.69) is 10.2 Å². The number of hydrogen-bond acceptors (Lipinski definition) is 6. The fraction of sp³-hybridized carbons (Fsp3) is 0.381. The van der Waals surface area contributed by atoms with E-state index in [0.29, 0.717) is 19.5 Å². The number of carbonyl (C=O) groups is 1. The molecule has 0 spiro atoms. The molecule has 1 aromatic carbocycles. The highest BCUT2D eigenvalue weighted by Gasteiger charge is 2.29. The minimum atomic E-state index is -3.64. The number of likely N-dealkylation sites (tertiary alicyclic amines) is 1. The Kier molecular flexibility index (Phi) is 6.49. The molecule has 1 fully saturated rings. The molecular weight excluding hydrogens is 434 g/mol. The molecule has 0 saturated carbocycles. The van der Waals surface area contributed by atoms with E-state index in [4.69, 9.17) is 0 Å². The predicted octanol–water partition coefficient (Wildman–Crippen LogP) is 2.43. The number of sulfonamides is 1. The third-order valence-corrected chi connectivity index (χ3v) is 8.69. The second kappa shape index (κ2) is 9.29. The summed E-state index contributed by atoms with van der Waals surface area (Å²) in [6.45, 7) is 1.08. The van der Waals surface area contributed by atoms with Crippen molar-refractivity contribution in [3.63, 3.8) is 0 Å². The zero-order chi connectivity index (χ0) is 21.8. The van der Waals surface area contributed by atoms with Gasteiger partial charge in [-0.3, -0.25) is 9.36 Å². The van der Waals surface area contributed by atoms with Gasteiger partial charge in [0, 0.05) is 32.2 Å². The van der Waals surface area contributed by atoms with Crippen molar-refractivity contribution in [3.05, 3.63) is 60.0 Å². The van der Waals surface area contributed by atoms with Crippen molar-refractivity contribution in [1.82, 2.24) is 24.0 Å². The lowest BCUT2D eigenvalue weighted by atomic mass is 9.94. The van der Waals surface area contributed by atoms with Crippen molar-refractivity contribution in [2.45, 2.75) is 23.5 Å². The van der Waals surface area contributed by atoms with Crippen LogP contribution < -0.4 is 0 Å². The van der Waals surface area contributed by atoms with E-state index in [1.165, 1.54) is 7.05 Å². The Bertz CT molecular complexity index is 1110. The molecule has 1 amide bonds. The van der Waals surface area contributed by atoms with Crippen molar-refractivity contribution < 1.29 is 13.2 Å². The topological polar surface area (TPSA) is 88.4 Å². The van der Waals surface area contributed by atoms with E-state index < -0.39 is 10.0 Å². The van der Waals surface area contributed by atoms with Crippen LogP contribution in [0.25, 0.3) is 5.69 Å². The lowest BCUT2D eigenvalue weighted by Crippen LogP contribution is -2.45. The number of likely N-dealkylation sites (N-methyl/N-ethyl adjacent to an activating group) is 1. The van der Waals surface area contributed by atoms with Gasteiger partial charge < -0.3 is 4.90 Å². The number of nitrogens with zero attached hydrogens (tertiary/aromatic N) is 5. The predicted molar refractivity (Wildman–Crippen MR) is 119 cm³/mol. The molecule has 0 bridgehead atoms. The minimum absolute atomic E-state index is 0.160. The van der Waals surface area contributed by atoms with Gasteiger partial charge in [0.15, 0.2) is 0 Å². The van der Waals surface area contributed by atoms with Gasteiger partial charge in [-0.2, -0.15) is 4.31 Å². The molecule has 3 heterocycles. The molecule has 31 heavy (non-hydrogen) atoms. The van der Waals surface area contributed by atoms with Crippen LogP contribution in [0.5, 0.6) is 0 Å². The van der Waals surface area contributed by atoms with E-state index >= 15 is 0 Å². The van der Waals surface area contributed by atoms with Crippen LogP contribution in [0, 0.1) is 5.92 Å². The fourth-order valence-corrected chi connectivity index (χ4v) is 6.18. The summed E-state index contributed by atoms with van der Waals surface area (Å²) in [6, 6.07) is 13.2. The number of rotatable bonds is 7. The molecule has 0 radical (unpaired) electrons. The molecule has 164 valence electrons. The highest BCUT2D eigenvalue weighted by molar-refractivity contribution is 7.91. The largest absolute Gasteiger partial charge is 0.341 e. The van der Waals surface area contributed by atoms with Crippen LogP contribution >= 0.6 is 11.3 Å². The molecule has 10 heteroatoms. The average Bonchev–Trinajstić information content (AvgIpc) is 3.47. The Hall–Kier alpha value is -2.56. The maximum absolute atomic E-state index is 12.9. The monoisotopic (exact) mass is 459 g/mol. The fourth-order valence-electron chi connectivity index (χ4n) is 3.86. The molecule has 8 nitrogen and oxygen atoms in total. The van der Waals surface area contributed by atoms with Crippen LogP contribution in [-0.4, -0.2) is 65.0 Å². The summed E-state index contributed by atoms with van der Waals surface area (Å²) in [5, 5.41) is 10.1. The smallest absolute Gasteiger partial charge is 0.252 e. The standard InChI is InChI=1S/C21H25N5O3S2/c1-24(31(28,29)21-10-6-12-30-21)15-20(27)25-11-5-7-17(14-25)13-19-23-22-16-26(19)18-8-3-2-4-9-18/h2-4,6,8-10,12,16-17H,5,7,11,13-15H2,1H3. The number of thiophene rings is 1. The second-order valence-corrected chi connectivity index (χ2v) is 10.9. The summed E-state index contributed by atoms with van der Waals surface area (Å²) in [4.78, 5) is 14.6. The molecule has 1 aliphatic heterocycles. The first-order chi connectivity index (χ1) is 14.9. The Labute approximate surface area is 186 Å². The highest BCUT2D eigenvalue weighted by Crippen LogP contribution is 2.23. The van der Waals surface area contributed by atoms with Gasteiger partial charge in [0.25, 0.3) is 10.0 Å². The SMILES string of the molecule is CN(CC(=O)N1CCCC(Cc2nncn2-c2ccccc2)C1)S(=O)(=O)c1cccs1. The molecule has 0 aliphatic carbocycles. The zero-order valence-corrected chi connectivity index (χ0v) is 18.9. The van der Waals surface area contributed by atoms with Gasteiger partial charge in [0.1, 0.15) is 16.4 Å². The summed E-state index contributed by atoms with van der Waals surface area (Å²) < 4.78 is 28.6. The molecular formula is C21H25N5O3S2. The van der Waals surface area contributed by atoms with Crippen LogP contribution in [0.4, 0.5) is 0 Å². The van der Waals surface area contributed by atoms with Gasteiger partial charge in [0.2, 0.25) is 5.91 Å². The number of para-hydroxylation sites is 1. The summed E-state index contributed by atoms with van der Waals surface area (Å²) in [5.41, 5.74) is 1.01. The summed E-state index contributed by atoms with van der Waals surface area (Å²) in [6.07, 6.45) is 4.30. The normalized spacial score (nSPS) is 17.2. The number of hydrogen-bond donors (Lipinski definition) is 0. The third-order valence-electron chi connectivity index (χ3n) is 5.51. The van der Waals surface area contributed by atoms with Crippen molar-refractivity contribution >= 4 is 27.3 Å². The van der Waals surface area contributed by atoms with E-state index in [0.717, 1.165) is 40.0 Å². The van der Waals surface area contributed by atoms with Crippen LogP contribution in [-0.2, 0) is 21.2 Å². The van der Waals surface area contributed by atoms with Crippen molar-refractivity contribution in [2.24, 2.45) is 5.92 Å². The molecule has 1 saturated heterocycles. The van der Waals surface area contributed by atoms with Crippen LogP contribution in [0.2, 0.25) is 0 Å². The highest BCUT2D eigenvalue weighted by atomic mass is 32.2. The Balaban J connectivity index is 1.39. The summed E-state index contributed by atoms with van der Waals surface area (Å²) in [7, 11) is -2.18. The van der Waals surface area contributed by atoms with Crippen LogP contribution in [0.1, 0.15) is 18.7 Å². The molecule has 1 unspecified atom stereocenters. The molecule has 0 N–H and O–H groups in total. The van der Waals surface area contributed by atoms with Crippen molar-refractivity contribution in [2.75, 3.05) is 26.7 Å². The van der Waals surface area contributed by atoms with Crippen LogP contribution in [0.15, 0.2) is 58.4 Å². The lowest BCUT2D eigenvalue weighted by Gasteiger charge is -2.33. The Morgan fingerprint density at radius 2 is 2.03 bits per heavy atom. The first-order valence-corrected chi connectivity index (χ1v) is 12.5. The molecule has 3 aromatic rings. The van der Waals surface area contributed by atoms with Gasteiger partial charge in [-0.1, -0.05) is 24.3 Å². The molecule has 1 atom stereocenters. The van der Waals surface area contributed by atoms with E-state index in [-0.39, 0.29) is 22.6 Å². The van der Waals surface area contributed by atoms with E-state index in [1.807, 2.05) is 34.9 Å². The number of carbonyl (C=O) groups excluding carboxylic acids is 1. The van der Waals surface area contributed by atoms with E-state index in [9.17, 15) is 13.2 Å². The van der Waals surface area contributed by atoms with Gasteiger partial charge >= 0.3 is 0 Å². The average molecular weight is 460 g/mol. The summed E-state index contributed by atoms with van der Waals surface area (Å²) >= 11 is 1.15. The molecule has 4 rings (SSSR count). The van der Waals surface area contributed by atoms with Gasteiger partial charge in [-0.05, 0) is 42.3 Å². The first kappa shape index (κ1) is 21.7. The third kappa shape index (κ3) is 4.86. The lowest BCUT2D eigenvalue weighted by molar-refractivity contribution is -0.133. The summed E-state index contributed by atoms with van der Waals surface area (Å²) in [5.74, 6) is 0.948. The number of amides is 1. The maximum atomic E-state index is 12.9. The quantitative estimate of drug-likeness (QED) is 0.541. The number of benzene rings is 1. The van der Waals surface area contributed by atoms with Crippen molar-refractivity contribution in [1.29, 1.82) is 0 Å². The van der Waals surface area contributed by atoms with Gasteiger partial charge in [-0.25, -0.2) is 8.42 Å². The second-order valence-electron chi connectivity index (χ2n) is 7.70. The number of piperidine rings is 1. The molecule has 2 aromatic heterocycles. The first-order valence-electron chi connectivity index (χ1n) is 10.2. The van der Waals surface area contributed by atoms with Crippen molar-refractivity contribution in [3.8, 4) is 5.69 Å². The van der Waals surface area contributed by atoms with Gasteiger partial charge in [0.05, 0.1) is 6.54 Å². The van der Waals surface area contributed by atoms with Gasteiger partial charge in [-0.15, -0.1) is 21.5 Å². The van der Waals surface area contributed by atoms with E-state index in [1.54, 1.807) is 28.7 Å². The number of aromatic nitrogens is 3. The molecule has 1 aliphatic rings. The zero-order valence-electron chi connectivity index (χ0n) is 17.3.